The number of hydrogen-bond acceptors (Lipinski definition) is 5. The molecule has 1 saturated heterocycles. The standard InChI is InChI=1S/C33H42BrN5O5.Na/c1-21(2)17-27(38-33(44)39-15-7-3-4-8-16-39)30(40)36-28(18-22-11-13-24(34)14-12-22)31(41)37-29(32(42)43)19-23-20-35-26-10-6-5-9-25(23)26;/h5-6,9-14,20-21,27-29,35H,3-4,7-8,15-19H2,1-2H3,(H,36,40)(H,37,41)(H,38,44)(H,42,43);/q;+1/p-1/t27-,28+,29+;/m0./s1. The van der Waals surface area contributed by atoms with Crippen LogP contribution in [0.25, 0.3) is 10.9 Å². The molecular formula is C33H41BrN5NaO5. The molecule has 1 fully saturated rings. The second-order valence-corrected chi connectivity index (χ2v) is 12.8. The van der Waals surface area contributed by atoms with Crippen molar-refractivity contribution in [3.63, 3.8) is 0 Å². The molecule has 0 bridgehead atoms. The van der Waals surface area contributed by atoms with Crippen molar-refractivity contribution in [3.8, 4) is 0 Å². The summed E-state index contributed by atoms with van der Waals surface area (Å²) in [6.07, 6.45) is 6.19. The van der Waals surface area contributed by atoms with E-state index < -0.39 is 35.9 Å². The fourth-order valence-corrected chi connectivity index (χ4v) is 5.81. The molecule has 12 heteroatoms. The van der Waals surface area contributed by atoms with Crippen molar-refractivity contribution < 1.29 is 53.8 Å². The van der Waals surface area contributed by atoms with Gasteiger partial charge in [-0.25, -0.2) is 4.79 Å². The third-order valence-electron chi connectivity index (χ3n) is 7.90. The van der Waals surface area contributed by atoms with E-state index in [4.69, 9.17) is 0 Å². The molecule has 3 aromatic rings. The van der Waals surface area contributed by atoms with Crippen LogP contribution in [0.1, 0.15) is 57.1 Å². The van der Waals surface area contributed by atoms with E-state index in [1.165, 1.54) is 0 Å². The minimum atomic E-state index is -1.43. The number of amides is 4. The number of aromatic nitrogens is 1. The molecule has 1 aliphatic heterocycles. The number of hydrogen-bond donors (Lipinski definition) is 4. The normalized spacial score (nSPS) is 15.3. The van der Waals surface area contributed by atoms with Gasteiger partial charge in [-0.15, -0.1) is 0 Å². The van der Waals surface area contributed by atoms with Crippen LogP contribution >= 0.6 is 15.9 Å². The van der Waals surface area contributed by atoms with Gasteiger partial charge in [0.05, 0.1) is 12.0 Å². The van der Waals surface area contributed by atoms with Crippen LogP contribution in [0.4, 0.5) is 4.79 Å². The molecule has 4 rings (SSSR count). The van der Waals surface area contributed by atoms with Crippen molar-refractivity contribution in [1.29, 1.82) is 0 Å². The Morgan fingerprint density at radius 3 is 2.11 bits per heavy atom. The Morgan fingerprint density at radius 1 is 0.844 bits per heavy atom. The van der Waals surface area contributed by atoms with Crippen LogP contribution in [0.5, 0.6) is 0 Å². The topological polar surface area (TPSA) is 146 Å². The second-order valence-electron chi connectivity index (χ2n) is 11.9. The molecule has 1 aliphatic rings. The number of nitrogens with one attached hydrogen (secondary N) is 4. The number of carbonyl (C=O) groups excluding carboxylic acids is 4. The van der Waals surface area contributed by atoms with Gasteiger partial charge < -0.3 is 35.7 Å². The molecule has 0 saturated carbocycles. The van der Waals surface area contributed by atoms with Crippen LogP contribution in [-0.2, 0) is 27.2 Å². The van der Waals surface area contributed by atoms with Crippen molar-refractivity contribution >= 4 is 50.6 Å². The maximum Gasteiger partial charge on any atom is 1.00 e. The first-order valence-electron chi connectivity index (χ1n) is 15.3. The summed E-state index contributed by atoms with van der Waals surface area (Å²) in [4.78, 5) is 57.5. The minimum absolute atomic E-state index is 0. The number of halogens is 1. The fraction of sp³-hybridized carbons (Fsp3) is 0.455. The Labute approximate surface area is 294 Å². The number of carboxylic acids is 1. The third-order valence-corrected chi connectivity index (χ3v) is 8.43. The van der Waals surface area contributed by atoms with Crippen LogP contribution in [0, 0.1) is 5.92 Å². The quantitative estimate of drug-likeness (QED) is 0.204. The molecule has 3 atom stereocenters. The molecule has 0 unspecified atom stereocenters. The number of rotatable bonds is 12. The number of para-hydroxylation sites is 1. The van der Waals surface area contributed by atoms with E-state index in [1.54, 1.807) is 11.1 Å². The summed E-state index contributed by atoms with van der Waals surface area (Å²) >= 11 is 3.41. The summed E-state index contributed by atoms with van der Waals surface area (Å²) in [5.41, 5.74) is 2.34. The van der Waals surface area contributed by atoms with E-state index in [-0.39, 0.29) is 54.3 Å². The average molecular weight is 691 g/mol. The molecule has 0 spiro atoms. The zero-order valence-corrected chi connectivity index (χ0v) is 29.8. The van der Waals surface area contributed by atoms with E-state index in [2.05, 4.69) is 36.9 Å². The van der Waals surface area contributed by atoms with Gasteiger partial charge in [0.2, 0.25) is 11.8 Å². The summed E-state index contributed by atoms with van der Waals surface area (Å²) in [6.45, 7) is 5.19. The van der Waals surface area contributed by atoms with E-state index >= 15 is 0 Å². The zero-order chi connectivity index (χ0) is 31.6. The number of urea groups is 1. The molecule has 236 valence electrons. The summed E-state index contributed by atoms with van der Waals surface area (Å²) in [5, 5.41) is 21.4. The van der Waals surface area contributed by atoms with Crippen LogP contribution in [0.2, 0.25) is 0 Å². The fourth-order valence-electron chi connectivity index (χ4n) is 5.54. The number of carboxylic acid groups (broad SMARTS) is 1. The van der Waals surface area contributed by atoms with Gasteiger partial charge in [0.1, 0.15) is 12.1 Å². The third kappa shape index (κ3) is 10.9. The SMILES string of the molecule is CC(C)C[C@H](NC(=O)N1CCCCCC1)C(=O)N[C@H](Cc1ccc(Br)cc1)C(=O)N[C@H](Cc1c[nH]c2ccccc12)C(=O)[O-].[Na+]. The summed E-state index contributed by atoms with van der Waals surface area (Å²) in [7, 11) is 0. The monoisotopic (exact) mass is 689 g/mol. The van der Waals surface area contributed by atoms with Crippen molar-refractivity contribution in [2.45, 2.75) is 76.9 Å². The van der Waals surface area contributed by atoms with Crippen molar-refractivity contribution in [2.24, 2.45) is 5.92 Å². The van der Waals surface area contributed by atoms with E-state index in [9.17, 15) is 24.3 Å². The Hall–Kier alpha value is -2.86. The molecule has 45 heavy (non-hydrogen) atoms. The van der Waals surface area contributed by atoms with Crippen molar-refractivity contribution in [3.05, 3.63) is 70.3 Å². The van der Waals surface area contributed by atoms with Gasteiger partial charge in [-0.3, -0.25) is 9.59 Å². The predicted octanol–water partition coefficient (Wildman–Crippen LogP) is 0.439. The molecule has 0 radical (unpaired) electrons. The van der Waals surface area contributed by atoms with Gasteiger partial charge in [-0.05, 0) is 54.5 Å². The molecule has 0 aliphatic carbocycles. The number of benzene rings is 2. The predicted molar refractivity (Wildman–Crippen MR) is 171 cm³/mol. The van der Waals surface area contributed by atoms with Gasteiger partial charge >= 0.3 is 35.6 Å². The Morgan fingerprint density at radius 2 is 1.47 bits per heavy atom. The molecular weight excluding hydrogens is 649 g/mol. The first kappa shape index (κ1) is 36.6. The molecule has 4 amide bonds. The minimum Gasteiger partial charge on any atom is -0.548 e. The van der Waals surface area contributed by atoms with Crippen LogP contribution < -0.4 is 50.6 Å². The number of aromatic amines is 1. The first-order chi connectivity index (χ1) is 21.1. The summed E-state index contributed by atoms with van der Waals surface area (Å²) in [5.74, 6) is -2.49. The summed E-state index contributed by atoms with van der Waals surface area (Å²) < 4.78 is 0.857. The number of nitrogens with zero attached hydrogens (tertiary/aromatic N) is 1. The largest absolute Gasteiger partial charge is 1.00 e. The number of aliphatic carboxylic acids is 1. The van der Waals surface area contributed by atoms with Crippen molar-refractivity contribution in [1.82, 2.24) is 25.8 Å². The van der Waals surface area contributed by atoms with Crippen LogP contribution in [-0.4, -0.2) is 64.9 Å². The molecule has 10 nitrogen and oxygen atoms in total. The van der Waals surface area contributed by atoms with E-state index in [0.29, 0.717) is 19.5 Å². The van der Waals surface area contributed by atoms with E-state index in [0.717, 1.165) is 52.2 Å². The molecule has 4 N–H and O–H groups in total. The number of H-pyrrole nitrogens is 1. The molecule has 2 heterocycles. The van der Waals surface area contributed by atoms with Crippen LogP contribution in [0.3, 0.4) is 0 Å². The second kappa shape index (κ2) is 17.7. The zero-order valence-electron chi connectivity index (χ0n) is 26.2. The Kier molecular flexibility index (Phi) is 14.4. The van der Waals surface area contributed by atoms with Gasteiger partial charge in [0.25, 0.3) is 0 Å². The van der Waals surface area contributed by atoms with Gasteiger partial charge in [-0.2, -0.15) is 0 Å². The Balaban J connectivity index is 0.00000552. The maximum absolute atomic E-state index is 13.7. The molecule has 1 aromatic heterocycles. The van der Waals surface area contributed by atoms with Gasteiger partial charge in [0, 0.05) is 47.5 Å². The number of carbonyl (C=O) groups is 4. The van der Waals surface area contributed by atoms with Gasteiger partial charge in [-0.1, -0.05) is 73.0 Å². The maximum atomic E-state index is 13.7. The van der Waals surface area contributed by atoms with Crippen LogP contribution in [0.15, 0.2) is 59.2 Å². The number of fused-ring (bicyclic) bond motifs is 1. The Bertz CT molecular complexity index is 1440. The average Bonchev–Trinajstić information content (AvgIpc) is 3.19. The smallest absolute Gasteiger partial charge is 0.548 e. The first-order valence-corrected chi connectivity index (χ1v) is 16.1. The molecule has 2 aromatic carbocycles. The van der Waals surface area contributed by atoms with E-state index in [1.807, 2.05) is 62.4 Å². The van der Waals surface area contributed by atoms with Gasteiger partial charge in [0.15, 0.2) is 0 Å². The summed E-state index contributed by atoms with van der Waals surface area (Å²) in [6, 6.07) is 11.2. The number of likely N-dealkylation sites (tertiary alicyclic amines) is 1. The van der Waals surface area contributed by atoms with Crippen molar-refractivity contribution in [2.75, 3.05) is 13.1 Å².